The number of hydrogen-bond acceptors (Lipinski definition) is 4. The quantitative estimate of drug-likeness (QED) is 0.388. The van der Waals surface area contributed by atoms with Gasteiger partial charge in [-0.15, -0.1) is 6.58 Å². The van der Waals surface area contributed by atoms with Gasteiger partial charge >= 0.3 is 0 Å². The molecule has 1 unspecified atom stereocenters. The van der Waals surface area contributed by atoms with Crippen LogP contribution in [0.4, 0.5) is 5.69 Å². The average Bonchev–Trinajstić information content (AvgIpc) is 2.15. The van der Waals surface area contributed by atoms with Crippen molar-refractivity contribution in [2.24, 2.45) is 5.73 Å². The first-order valence-corrected chi connectivity index (χ1v) is 4.54. The molecule has 5 nitrogen and oxygen atoms in total. The predicted molar refractivity (Wildman–Crippen MR) is 55.7 cm³/mol. The van der Waals surface area contributed by atoms with E-state index in [1.54, 1.807) is 0 Å². The zero-order chi connectivity index (χ0) is 10.7. The summed E-state index contributed by atoms with van der Waals surface area (Å²) >= 11 is 3.07. The zero-order valence-corrected chi connectivity index (χ0v) is 8.77. The Kier molecular flexibility index (Phi) is 3.32. The third-order valence-electron chi connectivity index (χ3n) is 1.60. The number of rotatable bonds is 3. The molecule has 0 spiro atoms. The fourth-order valence-corrected chi connectivity index (χ4v) is 1.34. The highest BCUT2D eigenvalue weighted by molar-refractivity contribution is 9.10. The van der Waals surface area contributed by atoms with Crippen molar-refractivity contribution in [3.05, 3.63) is 45.2 Å². The largest absolute Gasteiger partial charge is 0.319 e. The van der Waals surface area contributed by atoms with Crippen LogP contribution in [0.1, 0.15) is 11.7 Å². The molecule has 1 atom stereocenters. The third-order valence-corrected chi connectivity index (χ3v) is 2.01. The van der Waals surface area contributed by atoms with Crippen molar-refractivity contribution in [1.82, 2.24) is 4.98 Å². The second kappa shape index (κ2) is 4.30. The average molecular weight is 258 g/mol. The summed E-state index contributed by atoms with van der Waals surface area (Å²) in [5.41, 5.74) is 5.98. The van der Waals surface area contributed by atoms with Crippen LogP contribution >= 0.6 is 15.9 Å². The van der Waals surface area contributed by atoms with Crippen LogP contribution in [0.5, 0.6) is 0 Å². The van der Waals surface area contributed by atoms with Crippen molar-refractivity contribution in [3.63, 3.8) is 0 Å². The Balaban J connectivity index is 3.19. The lowest BCUT2D eigenvalue weighted by Gasteiger charge is -2.05. The fourth-order valence-electron chi connectivity index (χ4n) is 0.900. The molecule has 0 aliphatic heterocycles. The molecule has 1 aromatic rings. The van der Waals surface area contributed by atoms with Gasteiger partial charge in [0.1, 0.15) is 4.60 Å². The highest BCUT2D eigenvalue weighted by Gasteiger charge is 2.12. The molecule has 1 rings (SSSR count). The van der Waals surface area contributed by atoms with Crippen molar-refractivity contribution in [2.75, 3.05) is 0 Å². The number of hydrogen-bond donors (Lipinski definition) is 1. The van der Waals surface area contributed by atoms with Crippen molar-refractivity contribution < 1.29 is 4.92 Å². The van der Waals surface area contributed by atoms with Crippen LogP contribution in [0.3, 0.4) is 0 Å². The SMILES string of the molecule is C=CC(N)c1cc([N+](=O)[O-])cc(Br)n1. The number of pyridine rings is 1. The first-order valence-electron chi connectivity index (χ1n) is 3.74. The van der Waals surface area contributed by atoms with E-state index in [0.29, 0.717) is 10.3 Å². The van der Waals surface area contributed by atoms with E-state index in [2.05, 4.69) is 27.5 Å². The molecule has 0 aliphatic carbocycles. The number of nitrogens with zero attached hydrogens (tertiary/aromatic N) is 2. The van der Waals surface area contributed by atoms with E-state index in [9.17, 15) is 10.1 Å². The molecule has 6 heteroatoms. The molecule has 0 amide bonds. The maximum Gasteiger partial charge on any atom is 0.274 e. The summed E-state index contributed by atoms with van der Waals surface area (Å²) in [7, 11) is 0. The van der Waals surface area contributed by atoms with Crippen LogP contribution in [-0.4, -0.2) is 9.91 Å². The molecule has 1 aromatic heterocycles. The number of nitrogens with two attached hydrogens (primary N) is 1. The summed E-state index contributed by atoms with van der Waals surface area (Å²) in [6.45, 7) is 3.49. The van der Waals surface area contributed by atoms with E-state index >= 15 is 0 Å². The Morgan fingerprint density at radius 3 is 2.86 bits per heavy atom. The Labute approximate surface area is 88.9 Å². The molecule has 2 N–H and O–H groups in total. The van der Waals surface area contributed by atoms with E-state index < -0.39 is 11.0 Å². The lowest BCUT2D eigenvalue weighted by atomic mass is 10.2. The first kappa shape index (κ1) is 10.8. The Morgan fingerprint density at radius 2 is 2.36 bits per heavy atom. The van der Waals surface area contributed by atoms with E-state index in [1.807, 2.05) is 0 Å². The van der Waals surface area contributed by atoms with Crippen LogP contribution in [0, 0.1) is 10.1 Å². The summed E-state index contributed by atoms with van der Waals surface area (Å²) < 4.78 is 0.388. The molecule has 0 radical (unpaired) electrons. The van der Waals surface area contributed by atoms with Crippen molar-refractivity contribution >= 4 is 21.6 Å². The molecule has 1 heterocycles. The molecule has 0 saturated heterocycles. The van der Waals surface area contributed by atoms with Crippen LogP contribution in [0.25, 0.3) is 0 Å². The molecule has 14 heavy (non-hydrogen) atoms. The Hall–Kier alpha value is -1.27. The summed E-state index contributed by atoms with van der Waals surface area (Å²) in [6, 6.07) is 2.15. The van der Waals surface area contributed by atoms with Gasteiger partial charge in [0.15, 0.2) is 0 Å². The molecule has 0 fully saturated rings. The van der Waals surface area contributed by atoms with Crippen LogP contribution in [0.2, 0.25) is 0 Å². The highest BCUT2D eigenvalue weighted by atomic mass is 79.9. The second-order valence-corrected chi connectivity index (χ2v) is 3.40. The molecule has 0 aromatic carbocycles. The molecule has 74 valence electrons. The molecule has 0 bridgehead atoms. The normalized spacial score (nSPS) is 12.1. The van der Waals surface area contributed by atoms with Gasteiger partial charge in [-0.1, -0.05) is 6.08 Å². The van der Waals surface area contributed by atoms with Crippen molar-refractivity contribution in [3.8, 4) is 0 Å². The Bertz CT molecular complexity index is 381. The van der Waals surface area contributed by atoms with Crippen molar-refractivity contribution in [1.29, 1.82) is 0 Å². The smallest absolute Gasteiger partial charge is 0.274 e. The maximum absolute atomic E-state index is 10.5. The summed E-state index contributed by atoms with van der Waals surface area (Å²) in [4.78, 5) is 14.0. The number of halogens is 1. The number of aromatic nitrogens is 1. The second-order valence-electron chi connectivity index (χ2n) is 2.59. The minimum Gasteiger partial charge on any atom is -0.319 e. The monoisotopic (exact) mass is 257 g/mol. The van der Waals surface area contributed by atoms with Gasteiger partial charge in [0.05, 0.1) is 16.7 Å². The van der Waals surface area contributed by atoms with Crippen LogP contribution in [-0.2, 0) is 0 Å². The summed E-state index contributed by atoms with van der Waals surface area (Å²) in [6.07, 6.45) is 1.47. The van der Waals surface area contributed by atoms with Gasteiger partial charge in [0, 0.05) is 12.1 Å². The fraction of sp³-hybridized carbons (Fsp3) is 0.125. The van der Waals surface area contributed by atoms with Gasteiger partial charge in [0.25, 0.3) is 5.69 Å². The van der Waals surface area contributed by atoms with Gasteiger partial charge in [-0.2, -0.15) is 0 Å². The molecular formula is C8H8BrN3O2. The summed E-state index contributed by atoms with van der Waals surface area (Å²) in [5, 5.41) is 10.5. The van der Waals surface area contributed by atoms with Crippen LogP contribution in [0.15, 0.2) is 29.4 Å². The van der Waals surface area contributed by atoms with Crippen LogP contribution < -0.4 is 5.73 Å². The first-order chi connectivity index (χ1) is 6.54. The van der Waals surface area contributed by atoms with Gasteiger partial charge in [0.2, 0.25) is 0 Å². The van der Waals surface area contributed by atoms with E-state index in [1.165, 1.54) is 18.2 Å². The lowest BCUT2D eigenvalue weighted by molar-refractivity contribution is -0.385. The van der Waals surface area contributed by atoms with Crippen molar-refractivity contribution in [2.45, 2.75) is 6.04 Å². The zero-order valence-electron chi connectivity index (χ0n) is 7.18. The predicted octanol–water partition coefficient (Wildman–Crippen LogP) is 1.94. The number of nitro groups is 1. The Morgan fingerprint density at radius 1 is 1.71 bits per heavy atom. The summed E-state index contributed by atoms with van der Waals surface area (Å²) in [5.74, 6) is 0. The van der Waals surface area contributed by atoms with Gasteiger partial charge < -0.3 is 5.73 Å². The molecular weight excluding hydrogens is 250 g/mol. The van der Waals surface area contributed by atoms with Gasteiger partial charge in [-0.25, -0.2) is 4.98 Å². The topological polar surface area (TPSA) is 82.0 Å². The maximum atomic E-state index is 10.5. The van der Waals surface area contributed by atoms with Gasteiger partial charge in [-0.3, -0.25) is 10.1 Å². The van der Waals surface area contributed by atoms with E-state index in [-0.39, 0.29) is 5.69 Å². The van der Waals surface area contributed by atoms with E-state index in [4.69, 9.17) is 5.73 Å². The molecule has 0 saturated carbocycles. The van der Waals surface area contributed by atoms with E-state index in [0.717, 1.165) is 0 Å². The minimum absolute atomic E-state index is 0.0424. The third kappa shape index (κ3) is 2.36. The minimum atomic E-state index is -0.494. The molecule has 0 aliphatic rings. The highest BCUT2D eigenvalue weighted by Crippen LogP contribution is 2.21. The standard InChI is InChI=1S/C8H8BrN3O2/c1-2-6(10)7-3-5(12(13)14)4-8(9)11-7/h2-4,6H,1,10H2. The van der Waals surface area contributed by atoms with Gasteiger partial charge in [-0.05, 0) is 15.9 Å². The lowest BCUT2D eigenvalue weighted by Crippen LogP contribution is -2.09.